The number of thiocarbonyl (C=S) groups is 1. The molecule has 0 spiro atoms. The Morgan fingerprint density at radius 1 is 1.17 bits per heavy atom. The topological polar surface area (TPSA) is 74.2 Å². The summed E-state index contributed by atoms with van der Waals surface area (Å²) in [5.41, 5.74) is 0.726. The molecule has 1 saturated heterocycles. The molecule has 0 bridgehead atoms. The van der Waals surface area contributed by atoms with Crippen molar-refractivity contribution in [3.8, 4) is 0 Å². The van der Waals surface area contributed by atoms with Gasteiger partial charge in [0.15, 0.2) is 0 Å². The lowest BCUT2D eigenvalue weighted by Crippen LogP contribution is -2.46. The van der Waals surface area contributed by atoms with Crippen molar-refractivity contribution in [2.75, 3.05) is 45.9 Å². The minimum atomic E-state index is -0.310. The third-order valence-corrected chi connectivity index (χ3v) is 5.66. The number of morpholine rings is 1. The molecule has 0 aromatic heterocycles. The summed E-state index contributed by atoms with van der Waals surface area (Å²) in [6.07, 6.45) is 11.4. The summed E-state index contributed by atoms with van der Waals surface area (Å²) in [4.78, 5) is 32.9. The zero-order chi connectivity index (χ0) is 20.5. The van der Waals surface area contributed by atoms with Gasteiger partial charge in [-0.25, -0.2) is 4.99 Å². The maximum atomic E-state index is 12.6. The zero-order valence-corrected chi connectivity index (χ0v) is 17.7. The second-order valence-corrected chi connectivity index (χ2v) is 7.86. The lowest BCUT2D eigenvalue weighted by atomic mass is 9.95. The molecule has 1 fully saturated rings. The van der Waals surface area contributed by atoms with Crippen molar-refractivity contribution in [1.82, 2.24) is 15.1 Å². The number of nitrogens with zero attached hydrogens (tertiary/aromatic N) is 3. The van der Waals surface area contributed by atoms with Crippen LogP contribution in [0.4, 0.5) is 0 Å². The van der Waals surface area contributed by atoms with Gasteiger partial charge >= 0.3 is 0 Å². The van der Waals surface area contributed by atoms with Crippen LogP contribution in [0.2, 0.25) is 0 Å². The van der Waals surface area contributed by atoms with Gasteiger partial charge in [0.1, 0.15) is 0 Å². The van der Waals surface area contributed by atoms with Gasteiger partial charge in [-0.2, -0.15) is 0 Å². The summed E-state index contributed by atoms with van der Waals surface area (Å²) >= 11 is 5.28. The summed E-state index contributed by atoms with van der Waals surface area (Å²) in [5, 5.41) is 3.34. The first-order chi connectivity index (χ1) is 14.1. The molecule has 7 nitrogen and oxygen atoms in total. The number of ether oxygens (including phenoxy) is 1. The van der Waals surface area contributed by atoms with Crippen molar-refractivity contribution in [2.45, 2.75) is 32.1 Å². The Balaban J connectivity index is 1.25. The van der Waals surface area contributed by atoms with Gasteiger partial charge < -0.3 is 10.1 Å². The quantitative estimate of drug-likeness (QED) is 0.432. The minimum absolute atomic E-state index is 0.00129. The maximum absolute atomic E-state index is 12.6. The fourth-order valence-corrected chi connectivity index (χ4v) is 3.95. The number of nitrogens with one attached hydrogen (secondary N) is 1. The first-order valence-corrected chi connectivity index (χ1v) is 10.9. The Bertz CT molecular complexity index is 698. The van der Waals surface area contributed by atoms with Gasteiger partial charge in [-0.15, -0.1) is 0 Å². The Morgan fingerprint density at radius 3 is 2.83 bits per heavy atom. The molecule has 0 saturated carbocycles. The van der Waals surface area contributed by atoms with Crippen molar-refractivity contribution in [2.24, 2.45) is 10.9 Å². The van der Waals surface area contributed by atoms with Crippen LogP contribution in [-0.2, 0) is 14.3 Å². The SMILES string of the molecule is O=C(CCCCCN1C(=O)C2C=CC=CC2=NC1=S)NCCCN1CCOCC1. The van der Waals surface area contributed by atoms with Crippen LogP contribution in [0, 0.1) is 5.92 Å². The number of carbonyl (C=O) groups is 2. The summed E-state index contributed by atoms with van der Waals surface area (Å²) in [5.74, 6) is -0.210. The fraction of sp³-hybridized carbons (Fsp3) is 0.619. The first kappa shape index (κ1) is 21.8. The predicted molar refractivity (Wildman–Crippen MR) is 117 cm³/mol. The van der Waals surface area contributed by atoms with Crippen LogP contribution in [0.25, 0.3) is 0 Å². The van der Waals surface area contributed by atoms with Crippen molar-refractivity contribution in [3.05, 3.63) is 24.3 Å². The van der Waals surface area contributed by atoms with Crippen LogP contribution in [-0.4, -0.2) is 78.4 Å². The molecule has 2 aliphatic heterocycles. The average Bonchev–Trinajstić information content (AvgIpc) is 2.74. The first-order valence-electron chi connectivity index (χ1n) is 10.5. The van der Waals surface area contributed by atoms with E-state index in [9.17, 15) is 9.59 Å². The van der Waals surface area contributed by atoms with E-state index in [1.54, 1.807) is 4.90 Å². The van der Waals surface area contributed by atoms with Gasteiger partial charge in [-0.05, 0) is 44.1 Å². The number of allylic oxidation sites excluding steroid dienone is 3. The number of fused-ring (bicyclic) bond motifs is 1. The van der Waals surface area contributed by atoms with Crippen LogP contribution < -0.4 is 5.32 Å². The molecule has 1 N–H and O–H groups in total. The number of rotatable bonds is 10. The van der Waals surface area contributed by atoms with Crippen LogP contribution in [0.1, 0.15) is 32.1 Å². The molecule has 158 valence electrons. The second-order valence-electron chi connectivity index (χ2n) is 7.50. The third-order valence-electron chi connectivity index (χ3n) is 5.35. The highest BCUT2D eigenvalue weighted by atomic mass is 32.1. The maximum Gasteiger partial charge on any atom is 0.241 e. The van der Waals surface area contributed by atoms with Crippen molar-refractivity contribution in [1.29, 1.82) is 0 Å². The van der Waals surface area contributed by atoms with Crippen LogP contribution in [0.15, 0.2) is 29.3 Å². The van der Waals surface area contributed by atoms with E-state index in [2.05, 4.69) is 15.2 Å². The number of aliphatic imine (C=N–C) groups is 1. The van der Waals surface area contributed by atoms with E-state index in [0.717, 1.165) is 70.8 Å². The molecule has 1 aliphatic carbocycles. The highest BCUT2D eigenvalue weighted by Crippen LogP contribution is 2.20. The molecular weight excluding hydrogens is 388 g/mol. The second kappa shape index (κ2) is 11.3. The molecule has 8 heteroatoms. The largest absolute Gasteiger partial charge is 0.379 e. The molecule has 0 aromatic rings. The van der Waals surface area contributed by atoms with E-state index in [0.29, 0.717) is 18.1 Å². The Kier molecular flexibility index (Phi) is 8.52. The molecule has 0 radical (unpaired) electrons. The fourth-order valence-electron chi connectivity index (χ4n) is 3.66. The highest BCUT2D eigenvalue weighted by Gasteiger charge is 2.33. The van der Waals surface area contributed by atoms with Crippen molar-refractivity contribution < 1.29 is 14.3 Å². The van der Waals surface area contributed by atoms with Crippen LogP contribution in [0.3, 0.4) is 0 Å². The van der Waals surface area contributed by atoms with Crippen LogP contribution in [0.5, 0.6) is 0 Å². The molecule has 29 heavy (non-hydrogen) atoms. The number of hydrogen-bond acceptors (Lipinski definition) is 5. The lowest BCUT2D eigenvalue weighted by molar-refractivity contribution is -0.128. The lowest BCUT2D eigenvalue weighted by Gasteiger charge is -2.30. The predicted octanol–water partition coefficient (Wildman–Crippen LogP) is 1.70. The molecule has 1 unspecified atom stereocenters. The van der Waals surface area contributed by atoms with Gasteiger partial charge in [-0.1, -0.05) is 24.6 Å². The van der Waals surface area contributed by atoms with E-state index in [1.807, 2.05) is 24.3 Å². The molecule has 1 atom stereocenters. The minimum Gasteiger partial charge on any atom is -0.379 e. The van der Waals surface area contributed by atoms with Gasteiger partial charge in [0.2, 0.25) is 16.9 Å². The molecule has 0 aromatic carbocycles. The number of hydrogen-bond donors (Lipinski definition) is 1. The van der Waals surface area contributed by atoms with E-state index >= 15 is 0 Å². The summed E-state index contributed by atoms with van der Waals surface area (Å²) in [7, 11) is 0. The van der Waals surface area contributed by atoms with E-state index < -0.39 is 0 Å². The zero-order valence-electron chi connectivity index (χ0n) is 16.8. The van der Waals surface area contributed by atoms with Crippen molar-refractivity contribution in [3.63, 3.8) is 0 Å². The van der Waals surface area contributed by atoms with E-state index in [4.69, 9.17) is 17.0 Å². The number of carbonyl (C=O) groups excluding carboxylic acids is 2. The standard InChI is InChI=1S/C21H30N4O3S/c26-19(22-10-6-11-24-13-15-28-16-14-24)9-2-1-5-12-25-20(27)17-7-3-4-8-18(17)23-21(25)29/h3-4,7-8,17H,1-2,5-6,9-16H2,(H,22,26). The summed E-state index contributed by atoms with van der Waals surface area (Å²) in [6.45, 7) is 5.86. The van der Waals surface area contributed by atoms with Gasteiger partial charge in [0, 0.05) is 32.6 Å². The summed E-state index contributed by atoms with van der Waals surface area (Å²) < 4.78 is 5.33. The molecule has 2 heterocycles. The van der Waals surface area contributed by atoms with E-state index in [-0.39, 0.29) is 17.7 Å². The average molecular weight is 419 g/mol. The monoisotopic (exact) mass is 418 g/mol. The van der Waals surface area contributed by atoms with Gasteiger partial charge in [0.25, 0.3) is 0 Å². The normalized spacial score (nSPS) is 21.9. The molecule has 3 aliphatic rings. The smallest absolute Gasteiger partial charge is 0.241 e. The highest BCUT2D eigenvalue weighted by molar-refractivity contribution is 7.80. The Labute approximate surface area is 177 Å². The third kappa shape index (κ3) is 6.55. The Hall–Kier alpha value is -1.90. The molecule has 2 amide bonds. The molecule has 3 rings (SSSR count). The van der Waals surface area contributed by atoms with Crippen LogP contribution >= 0.6 is 12.2 Å². The summed E-state index contributed by atoms with van der Waals surface area (Å²) in [6, 6.07) is 0. The van der Waals surface area contributed by atoms with Crippen molar-refractivity contribution >= 4 is 34.9 Å². The molecular formula is C21H30N4O3S. The van der Waals surface area contributed by atoms with E-state index in [1.165, 1.54) is 0 Å². The van der Waals surface area contributed by atoms with Gasteiger partial charge in [-0.3, -0.25) is 19.4 Å². The van der Waals surface area contributed by atoms with Gasteiger partial charge in [0.05, 0.1) is 24.8 Å². The number of amides is 2. The Morgan fingerprint density at radius 2 is 2.00 bits per heavy atom. The number of unbranched alkanes of at least 4 members (excludes halogenated alkanes) is 2.